The Bertz CT molecular complexity index is 464. The summed E-state index contributed by atoms with van der Waals surface area (Å²) in [6.45, 7) is 1.12. The fraction of sp³-hybridized carbons (Fsp3) is 0.333. The second-order valence-corrected chi connectivity index (χ2v) is 4.08. The average molecular weight is 251 g/mol. The van der Waals surface area contributed by atoms with Crippen LogP contribution in [0.2, 0.25) is 0 Å². The van der Waals surface area contributed by atoms with Gasteiger partial charge in [0.25, 0.3) is 0 Å². The van der Waals surface area contributed by atoms with E-state index in [2.05, 4.69) is 6.07 Å². The number of rotatable bonds is 3. The van der Waals surface area contributed by atoms with Crippen molar-refractivity contribution < 1.29 is 9.53 Å². The summed E-state index contributed by atoms with van der Waals surface area (Å²) in [5, 5.41) is 8.74. The molecule has 1 fully saturated rings. The van der Waals surface area contributed by atoms with Crippen molar-refractivity contribution in [2.75, 3.05) is 19.0 Å². The van der Waals surface area contributed by atoms with E-state index in [0.29, 0.717) is 24.4 Å². The van der Waals surface area contributed by atoms with Gasteiger partial charge in [-0.3, -0.25) is 4.79 Å². The molecule has 88 valence electrons. The van der Waals surface area contributed by atoms with Crippen LogP contribution in [0.15, 0.2) is 24.3 Å². The highest BCUT2D eigenvalue weighted by Crippen LogP contribution is 2.19. The molecule has 0 aliphatic carbocycles. The van der Waals surface area contributed by atoms with E-state index in [1.54, 1.807) is 29.2 Å². The van der Waals surface area contributed by atoms with Crippen LogP contribution in [0.5, 0.6) is 5.75 Å². The molecule has 0 aromatic heterocycles. The molecule has 0 radical (unpaired) electrons. The van der Waals surface area contributed by atoms with Gasteiger partial charge in [0.15, 0.2) is 0 Å². The van der Waals surface area contributed by atoms with Gasteiger partial charge in [-0.05, 0) is 18.2 Å². The molecule has 0 bridgehead atoms. The number of halogens is 1. The number of nitrogens with zero attached hydrogens (tertiary/aromatic N) is 2. The zero-order valence-corrected chi connectivity index (χ0v) is 9.85. The molecule has 0 atom stereocenters. The maximum Gasteiger partial charge on any atom is 0.237 e. The molecule has 1 aliphatic rings. The van der Waals surface area contributed by atoms with Crippen molar-refractivity contribution in [3.8, 4) is 11.8 Å². The largest absolute Gasteiger partial charge is 0.487 e. The molecule has 2 rings (SSSR count). The smallest absolute Gasteiger partial charge is 0.237 e. The van der Waals surface area contributed by atoms with Crippen molar-refractivity contribution >= 4 is 17.5 Å². The van der Waals surface area contributed by atoms with Crippen molar-refractivity contribution in [3.63, 3.8) is 0 Å². The minimum absolute atomic E-state index is 0.00360. The Labute approximate surface area is 104 Å². The van der Waals surface area contributed by atoms with Crippen molar-refractivity contribution in [2.45, 2.75) is 6.10 Å². The van der Waals surface area contributed by atoms with Crippen LogP contribution in [0.1, 0.15) is 5.56 Å². The Morgan fingerprint density at radius 2 is 2.35 bits per heavy atom. The number of carbonyl (C=O) groups is 1. The number of hydrogen-bond acceptors (Lipinski definition) is 3. The number of nitriles is 1. The number of alkyl halides is 1. The van der Waals surface area contributed by atoms with Crippen molar-refractivity contribution in [1.82, 2.24) is 4.90 Å². The summed E-state index contributed by atoms with van der Waals surface area (Å²) < 4.78 is 5.63. The summed E-state index contributed by atoms with van der Waals surface area (Å²) in [5.41, 5.74) is 0.565. The third-order valence-electron chi connectivity index (χ3n) is 2.58. The molecule has 1 aromatic rings. The fourth-order valence-corrected chi connectivity index (χ4v) is 1.80. The number of amides is 1. The van der Waals surface area contributed by atoms with E-state index in [0.717, 1.165) is 0 Å². The number of likely N-dealkylation sites (tertiary alicyclic amines) is 1. The molecule has 1 heterocycles. The normalized spacial score (nSPS) is 14.9. The number of hydrogen-bond donors (Lipinski definition) is 0. The van der Waals surface area contributed by atoms with Gasteiger partial charge in [0, 0.05) is 0 Å². The van der Waals surface area contributed by atoms with Gasteiger partial charge in [-0.25, -0.2) is 0 Å². The molecule has 17 heavy (non-hydrogen) atoms. The predicted molar refractivity (Wildman–Crippen MR) is 62.9 cm³/mol. The lowest BCUT2D eigenvalue weighted by atomic mass is 10.1. The lowest BCUT2D eigenvalue weighted by Crippen LogP contribution is -2.56. The molecule has 1 aliphatic heterocycles. The molecule has 4 nitrogen and oxygen atoms in total. The second kappa shape index (κ2) is 5.07. The van der Waals surface area contributed by atoms with Crippen molar-refractivity contribution in [3.05, 3.63) is 29.8 Å². The van der Waals surface area contributed by atoms with Crippen LogP contribution in [-0.2, 0) is 4.79 Å². The van der Waals surface area contributed by atoms with Crippen LogP contribution >= 0.6 is 11.6 Å². The molecule has 0 unspecified atom stereocenters. The third kappa shape index (κ3) is 2.69. The molecule has 1 aromatic carbocycles. The molecule has 5 heteroatoms. The van der Waals surface area contributed by atoms with E-state index in [-0.39, 0.29) is 17.9 Å². The highest BCUT2D eigenvalue weighted by atomic mass is 35.5. The standard InChI is InChI=1S/C12H11ClN2O2/c13-5-12(16)15-7-11(8-15)17-10-3-1-2-9(4-10)6-14/h1-4,11H,5,7-8H2. The van der Waals surface area contributed by atoms with Gasteiger partial charge < -0.3 is 9.64 Å². The molecule has 1 saturated heterocycles. The third-order valence-corrected chi connectivity index (χ3v) is 2.81. The van der Waals surface area contributed by atoms with Gasteiger partial charge in [0.1, 0.15) is 17.7 Å². The molecule has 0 saturated carbocycles. The SMILES string of the molecule is N#Cc1cccc(OC2CN(C(=O)CCl)C2)c1. The quantitative estimate of drug-likeness (QED) is 0.762. The van der Waals surface area contributed by atoms with Crippen LogP contribution in [0.4, 0.5) is 0 Å². The first-order valence-electron chi connectivity index (χ1n) is 5.23. The van der Waals surface area contributed by atoms with E-state index in [1.165, 1.54) is 0 Å². The maximum atomic E-state index is 11.2. The van der Waals surface area contributed by atoms with Gasteiger partial charge in [0.05, 0.1) is 24.7 Å². The molecular formula is C12H11ClN2O2. The summed E-state index contributed by atoms with van der Waals surface area (Å²) in [6, 6.07) is 9.03. The summed E-state index contributed by atoms with van der Waals surface area (Å²) in [7, 11) is 0. The predicted octanol–water partition coefficient (Wildman–Crippen LogP) is 1.39. The highest BCUT2D eigenvalue weighted by molar-refractivity contribution is 6.27. The van der Waals surface area contributed by atoms with Gasteiger partial charge in [-0.1, -0.05) is 6.07 Å². The first-order valence-corrected chi connectivity index (χ1v) is 5.77. The highest BCUT2D eigenvalue weighted by Gasteiger charge is 2.31. The monoisotopic (exact) mass is 250 g/mol. The van der Waals surface area contributed by atoms with Crippen molar-refractivity contribution in [1.29, 1.82) is 5.26 Å². The molecule has 0 N–H and O–H groups in total. The topological polar surface area (TPSA) is 53.3 Å². The lowest BCUT2D eigenvalue weighted by Gasteiger charge is -2.38. The van der Waals surface area contributed by atoms with Crippen LogP contribution in [0.3, 0.4) is 0 Å². The maximum absolute atomic E-state index is 11.2. The minimum atomic E-state index is -0.0720. The molecule has 0 spiro atoms. The zero-order chi connectivity index (χ0) is 12.3. The van der Waals surface area contributed by atoms with Crippen LogP contribution in [0, 0.1) is 11.3 Å². The Hall–Kier alpha value is -1.73. The molecule has 1 amide bonds. The Balaban J connectivity index is 1.88. The summed E-state index contributed by atoms with van der Waals surface area (Å²) in [4.78, 5) is 12.8. The second-order valence-electron chi connectivity index (χ2n) is 3.81. The van der Waals surface area contributed by atoms with E-state index in [1.807, 2.05) is 0 Å². The Morgan fingerprint density at radius 3 is 3.00 bits per heavy atom. The van der Waals surface area contributed by atoms with Gasteiger partial charge in [-0.2, -0.15) is 5.26 Å². The average Bonchev–Trinajstić information content (AvgIpc) is 2.32. The minimum Gasteiger partial charge on any atom is -0.487 e. The fourth-order valence-electron chi connectivity index (χ4n) is 1.63. The number of carbonyl (C=O) groups excluding carboxylic acids is 1. The molecular weight excluding hydrogens is 240 g/mol. The van der Waals surface area contributed by atoms with Crippen LogP contribution in [-0.4, -0.2) is 35.9 Å². The van der Waals surface area contributed by atoms with Gasteiger partial charge in [0.2, 0.25) is 5.91 Å². The van der Waals surface area contributed by atoms with Crippen molar-refractivity contribution in [2.24, 2.45) is 0 Å². The van der Waals surface area contributed by atoms with Crippen LogP contribution < -0.4 is 4.74 Å². The Kier molecular flexibility index (Phi) is 3.50. The first-order chi connectivity index (χ1) is 8.22. The summed E-state index contributed by atoms with van der Waals surface area (Å²) in [5.74, 6) is 0.598. The first kappa shape index (κ1) is 11.7. The van der Waals surface area contributed by atoms with E-state index < -0.39 is 0 Å². The number of ether oxygens (including phenoxy) is 1. The Morgan fingerprint density at radius 1 is 1.59 bits per heavy atom. The van der Waals surface area contributed by atoms with E-state index >= 15 is 0 Å². The van der Waals surface area contributed by atoms with E-state index in [9.17, 15) is 4.79 Å². The van der Waals surface area contributed by atoms with E-state index in [4.69, 9.17) is 21.6 Å². The van der Waals surface area contributed by atoms with Gasteiger partial charge in [-0.15, -0.1) is 11.6 Å². The lowest BCUT2D eigenvalue weighted by molar-refractivity contribution is -0.137. The van der Waals surface area contributed by atoms with Crippen LogP contribution in [0.25, 0.3) is 0 Å². The van der Waals surface area contributed by atoms with Gasteiger partial charge >= 0.3 is 0 Å². The summed E-state index contributed by atoms with van der Waals surface area (Å²) >= 11 is 5.44. The summed E-state index contributed by atoms with van der Waals surface area (Å²) in [6.07, 6.45) is -0.00360. The number of benzene rings is 1. The zero-order valence-electron chi connectivity index (χ0n) is 9.10.